The number of aldehydes is 1. The van der Waals surface area contributed by atoms with Gasteiger partial charge in [0, 0.05) is 6.42 Å². The number of hydrogen-bond donors (Lipinski definition) is 0. The van der Waals surface area contributed by atoms with Gasteiger partial charge in [-0.2, -0.15) is 0 Å². The lowest BCUT2D eigenvalue weighted by molar-refractivity contribution is -0.130. The molecule has 1 fully saturated rings. The second-order valence-corrected chi connectivity index (χ2v) is 3.29. The van der Waals surface area contributed by atoms with E-state index in [2.05, 4.69) is 0 Å². The Kier molecular flexibility index (Phi) is 5.54. The maximum Gasteiger partial charge on any atom is 0.195 e. The summed E-state index contributed by atoms with van der Waals surface area (Å²) in [6.45, 7) is 0. The normalized spacial score (nSPS) is 18.0. The first-order valence-electron chi connectivity index (χ1n) is 4.31. The topological polar surface area (TPSA) is 65.6 Å². The van der Waals surface area contributed by atoms with Crippen molar-refractivity contribution < 1.29 is 15.1 Å². The summed E-state index contributed by atoms with van der Waals surface area (Å²) in [7, 11) is 0. The predicted molar refractivity (Wildman–Crippen MR) is 45.9 cm³/mol. The Labute approximate surface area is 72.5 Å². The monoisotopic (exact) mass is 172 g/mol. The van der Waals surface area contributed by atoms with E-state index < -0.39 is 0 Å². The van der Waals surface area contributed by atoms with Crippen molar-refractivity contribution in [3.63, 3.8) is 0 Å². The quantitative estimate of drug-likeness (QED) is 0.469. The summed E-state index contributed by atoms with van der Waals surface area (Å²) in [6.07, 6.45) is 6.98. The highest BCUT2D eigenvalue weighted by Gasteiger charge is 2.15. The molecule has 0 amide bonds. The van der Waals surface area contributed by atoms with Crippen molar-refractivity contribution >= 4 is 12.1 Å². The van der Waals surface area contributed by atoms with Crippen LogP contribution < -0.4 is 0 Å². The lowest BCUT2D eigenvalue weighted by atomic mass is 9.86. The summed E-state index contributed by atoms with van der Waals surface area (Å²) >= 11 is 0. The first-order valence-corrected chi connectivity index (χ1v) is 4.31. The van der Waals surface area contributed by atoms with Gasteiger partial charge in [0.1, 0.15) is 0 Å². The third kappa shape index (κ3) is 3.62. The third-order valence-electron chi connectivity index (χ3n) is 2.35. The number of hydrogen-bond acceptors (Lipinski definition) is 2. The molecule has 0 aliphatic heterocycles. The molecule has 70 valence electrons. The molecule has 0 aromatic rings. The van der Waals surface area contributed by atoms with Crippen molar-refractivity contribution in [1.29, 1.82) is 0 Å². The van der Waals surface area contributed by atoms with E-state index >= 15 is 0 Å². The average molecular weight is 172 g/mol. The molecular weight excluding hydrogens is 156 g/mol. The highest BCUT2D eigenvalue weighted by Crippen LogP contribution is 2.25. The predicted octanol–water partition coefficient (Wildman–Crippen LogP) is 0.900. The number of ketones is 1. The van der Waals surface area contributed by atoms with Gasteiger partial charge >= 0.3 is 0 Å². The lowest BCUT2D eigenvalue weighted by Crippen LogP contribution is -2.12. The molecule has 0 spiro atoms. The SMILES string of the molecule is O.O=CC(=O)CC1CCCCC1. The number of Topliss-reactive ketones (excluding diaryl/α,β-unsaturated/α-hetero) is 1. The van der Waals surface area contributed by atoms with E-state index in [1.54, 1.807) is 0 Å². The van der Waals surface area contributed by atoms with E-state index in [9.17, 15) is 9.59 Å². The Bertz CT molecular complexity index is 148. The van der Waals surface area contributed by atoms with Gasteiger partial charge in [0.05, 0.1) is 0 Å². The molecule has 0 aromatic carbocycles. The Hall–Kier alpha value is -0.700. The van der Waals surface area contributed by atoms with E-state index in [-0.39, 0.29) is 11.3 Å². The number of carbonyl (C=O) groups excluding carboxylic acids is 2. The molecule has 1 aliphatic rings. The van der Waals surface area contributed by atoms with Gasteiger partial charge in [0.25, 0.3) is 0 Å². The van der Waals surface area contributed by atoms with Gasteiger partial charge in [-0.3, -0.25) is 9.59 Å². The molecule has 0 atom stereocenters. The molecule has 0 saturated heterocycles. The van der Waals surface area contributed by atoms with Crippen molar-refractivity contribution in [2.75, 3.05) is 0 Å². The van der Waals surface area contributed by atoms with Crippen LogP contribution >= 0.6 is 0 Å². The van der Waals surface area contributed by atoms with Crippen LogP contribution in [-0.2, 0) is 9.59 Å². The minimum absolute atomic E-state index is 0. The van der Waals surface area contributed by atoms with Crippen LogP contribution in [0.15, 0.2) is 0 Å². The minimum atomic E-state index is -0.225. The van der Waals surface area contributed by atoms with Crippen molar-refractivity contribution in [3.8, 4) is 0 Å². The van der Waals surface area contributed by atoms with Crippen LogP contribution in [0.4, 0.5) is 0 Å². The smallest absolute Gasteiger partial charge is 0.195 e. The van der Waals surface area contributed by atoms with Gasteiger partial charge < -0.3 is 5.48 Å². The van der Waals surface area contributed by atoms with Crippen molar-refractivity contribution in [2.45, 2.75) is 38.5 Å². The van der Waals surface area contributed by atoms with Gasteiger partial charge in [-0.25, -0.2) is 0 Å². The fourth-order valence-electron chi connectivity index (χ4n) is 1.72. The molecule has 3 heteroatoms. The molecule has 1 rings (SSSR count). The number of carbonyl (C=O) groups is 2. The average Bonchev–Trinajstić information content (AvgIpc) is 2.06. The zero-order valence-electron chi connectivity index (χ0n) is 7.21. The Morgan fingerprint density at radius 2 is 1.83 bits per heavy atom. The second kappa shape index (κ2) is 5.89. The molecule has 0 unspecified atom stereocenters. The van der Waals surface area contributed by atoms with Gasteiger partial charge in [0.15, 0.2) is 12.1 Å². The maximum absolute atomic E-state index is 10.7. The molecule has 1 saturated carbocycles. The summed E-state index contributed by atoms with van der Waals surface area (Å²) in [5, 5.41) is 0. The van der Waals surface area contributed by atoms with Crippen molar-refractivity contribution in [1.82, 2.24) is 0 Å². The first-order chi connectivity index (χ1) is 5.33. The summed E-state index contributed by atoms with van der Waals surface area (Å²) in [6, 6.07) is 0. The minimum Gasteiger partial charge on any atom is -0.412 e. The molecule has 0 heterocycles. The van der Waals surface area contributed by atoms with Crippen LogP contribution in [0.1, 0.15) is 38.5 Å². The van der Waals surface area contributed by atoms with Crippen LogP contribution in [0.5, 0.6) is 0 Å². The van der Waals surface area contributed by atoms with E-state index in [1.165, 1.54) is 19.3 Å². The molecular formula is C9H16O3. The molecule has 12 heavy (non-hydrogen) atoms. The largest absolute Gasteiger partial charge is 0.412 e. The van der Waals surface area contributed by atoms with Gasteiger partial charge in [0.2, 0.25) is 0 Å². The van der Waals surface area contributed by atoms with Crippen LogP contribution in [-0.4, -0.2) is 17.5 Å². The molecule has 3 nitrogen and oxygen atoms in total. The molecule has 1 aliphatic carbocycles. The summed E-state index contributed by atoms with van der Waals surface area (Å²) in [4.78, 5) is 20.7. The molecule has 0 aromatic heterocycles. The fourth-order valence-corrected chi connectivity index (χ4v) is 1.72. The van der Waals surface area contributed by atoms with E-state index in [1.807, 2.05) is 0 Å². The standard InChI is InChI=1S/C9H14O2.H2O/c10-7-9(11)6-8-4-2-1-3-5-8;/h7-8H,1-6H2;1H2. The summed E-state index contributed by atoms with van der Waals surface area (Å²) < 4.78 is 0. The summed E-state index contributed by atoms with van der Waals surface area (Å²) in [5.74, 6) is 0.276. The maximum atomic E-state index is 10.7. The molecule has 2 N–H and O–H groups in total. The van der Waals surface area contributed by atoms with Crippen molar-refractivity contribution in [2.24, 2.45) is 5.92 Å². The van der Waals surface area contributed by atoms with Crippen LogP contribution in [0.2, 0.25) is 0 Å². The first kappa shape index (κ1) is 11.3. The highest BCUT2D eigenvalue weighted by molar-refractivity contribution is 6.24. The van der Waals surface area contributed by atoms with E-state index in [0.29, 0.717) is 18.6 Å². The fraction of sp³-hybridized carbons (Fsp3) is 0.778. The zero-order valence-corrected chi connectivity index (χ0v) is 7.21. The Morgan fingerprint density at radius 3 is 2.33 bits per heavy atom. The van der Waals surface area contributed by atoms with Gasteiger partial charge in [-0.15, -0.1) is 0 Å². The molecule has 0 radical (unpaired) electrons. The lowest BCUT2D eigenvalue weighted by Gasteiger charge is -2.19. The number of rotatable bonds is 3. The van der Waals surface area contributed by atoms with Crippen LogP contribution in [0, 0.1) is 5.92 Å². The van der Waals surface area contributed by atoms with Crippen LogP contribution in [0.3, 0.4) is 0 Å². The zero-order chi connectivity index (χ0) is 8.10. The van der Waals surface area contributed by atoms with Gasteiger partial charge in [-0.05, 0) is 5.92 Å². The van der Waals surface area contributed by atoms with Crippen molar-refractivity contribution in [3.05, 3.63) is 0 Å². The second-order valence-electron chi connectivity index (χ2n) is 3.29. The third-order valence-corrected chi connectivity index (χ3v) is 2.35. The summed E-state index contributed by atoms with van der Waals surface area (Å²) in [5.41, 5.74) is 0. The Morgan fingerprint density at radius 1 is 1.25 bits per heavy atom. The van der Waals surface area contributed by atoms with Gasteiger partial charge in [-0.1, -0.05) is 32.1 Å². The molecule has 0 bridgehead atoms. The van der Waals surface area contributed by atoms with Crippen LogP contribution in [0.25, 0.3) is 0 Å². The van der Waals surface area contributed by atoms with E-state index in [0.717, 1.165) is 12.8 Å². The Balaban J connectivity index is 0.00000121. The van der Waals surface area contributed by atoms with E-state index in [4.69, 9.17) is 0 Å². The highest BCUT2D eigenvalue weighted by atomic mass is 16.2.